The third-order valence-corrected chi connectivity index (χ3v) is 3.56. The van der Waals surface area contributed by atoms with Crippen LogP contribution in [0.2, 0.25) is 5.02 Å². The van der Waals surface area contributed by atoms with Crippen molar-refractivity contribution in [2.45, 2.75) is 25.9 Å². The Balaban J connectivity index is 1.89. The van der Waals surface area contributed by atoms with Crippen molar-refractivity contribution in [3.63, 3.8) is 0 Å². The number of carbonyl (C=O) groups excluding carboxylic acids is 1. The van der Waals surface area contributed by atoms with Crippen LogP contribution in [0.15, 0.2) is 36.7 Å². The third kappa shape index (κ3) is 4.27. The minimum atomic E-state index is -2.66. The van der Waals surface area contributed by atoms with Crippen molar-refractivity contribution in [1.82, 2.24) is 14.5 Å². The first kappa shape index (κ1) is 16.4. The number of hydrogen-bond acceptors (Lipinski definition) is 2. The fraction of sp³-hybridized carbons (Fsp3) is 0.333. The first-order valence-corrected chi connectivity index (χ1v) is 7.13. The Morgan fingerprint density at radius 1 is 1.36 bits per heavy atom. The van der Waals surface area contributed by atoms with Crippen LogP contribution in [-0.2, 0) is 17.8 Å². The maximum Gasteiger partial charge on any atom is 0.319 e. The zero-order chi connectivity index (χ0) is 16.1. The molecule has 7 heteroatoms. The summed E-state index contributed by atoms with van der Waals surface area (Å²) in [5.41, 5.74) is 1.00. The summed E-state index contributed by atoms with van der Waals surface area (Å²) in [6.45, 7) is -2.60. The maximum absolute atomic E-state index is 12.7. The predicted octanol–water partition coefficient (Wildman–Crippen LogP) is 3.52. The van der Waals surface area contributed by atoms with Crippen LogP contribution < -0.4 is 0 Å². The van der Waals surface area contributed by atoms with Crippen LogP contribution in [0.3, 0.4) is 0 Å². The van der Waals surface area contributed by atoms with Gasteiger partial charge in [-0.1, -0.05) is 23.7 Å². The first-order chi connectivity index (χ1) is 10.5. The van der Waals surface area contributed by atoms with Gasteiger partial charge in [0.25, 0.3) is 0 Å². The molecule has 0 N–H and O–H groups in total. The minimum Gasteiger partial charge on any atom is -0.338 e. The Hall–Kier alpha value is -1.95. The molecule has 1 aromatic carbocycles. The molecule has 118 valence electrons. The summed E-state index contributed by atoms with van der Waals surface area (Å²) in [5, 5.41) is 0.644. The van der Waals surface area contributed by atoms with Gasteiger partial charge in [-0.25, -0.2) is 4.98 Å². The number of amides is 1. The van der Waals surface area contributed by atoms with Crippen LogP contribution in [0.5, 0.6) is 0 Å². The Morgan fingerprint density at radius 2 is 2.05 bits per heavy atom. The van der Waals surface area contributed by atoms with Gasteiger partial charge in [0.1, 0.15) is 5.82 Å². The van der Waals surface area contributed by atoms with Crippen LogP contribution in [-0.4, -0.2) is 27.4 Å². The highest BCUT2D eigenvalue weighted by molar-refractivity contribution is 6.30. The van der Waals surface area contributed by atoms with Crippen molar-refractivity contribution in [2.24, 2.45) is 0 Å². The number of halogens is 3. The number of imidazole rings is 1. The molecule has 0 bridgehead atoms. The van der Waals surface area contributed by atoms with Gasteiger partial charge >= 0.3 is 6.55 Å². The maximum atomic E-state index is 12.7. The summed E-state index contributed by atoms with van der Waals surface area (Å²) in [7, 11) is 1.58. The predicted molar refractivity (Wildman–Crippen MR) is 79.7 cm³/mol. The number of aryl methyl sites for hydroxylation is 1. The van der Waals surface area contributed by atoms with E-state index in [0.717, 1.165) is 10.1 Å². The molecule has 0 unspecified atom stereocenters. The van der Waals surface area contributed by atoms with Gasteiger partial charge in [0.15, 0.2) is 0 Å². The van der Waals surface area contributed by atoms with Crippen molar-refractivity contribution in [2.75, 3.05) is 7.05 Å². The Labute approximate surface area is 132 Å². The SMILES string of the molecule is CN(Cc1nccn1C(F)F)C(=O)CCc1ccc(Cl)cc1. The molecular formula is C15H16ClF2N3O. The van der Waals surface area contributed by atoms with Gasteiger partial charge < -0.3 is 4.90 Å². The van der Waals surface area contributed by atoms with Gasteiger partial charge in [-0.3, -0.25) is 9.36 Å². The number of aromatic nitrogens is 2. The van der Waals surface area contributed by atoms with Gasteiger partial charge in [-0.05, 0) is 24.1 Å². The highest BCUT2D eigenvalue weighted by Crippen LogP contribution is 2.15. The number of alkyl halides is 2. The smallest absolute Gasteiger partial charge is 0.319 e. The number of carbonyl (C=O) groups is 1. The second-order valence-corrected chi connectivity index (χ2v) is 5.34. The molecule has 0 radical (unpaired) electrons. The molecule has 0 aliphatic heterocycles. The van der Waals surface area contributed by atoms with Crippen molar-refractivity contribution in [1.29, 1.82) is 0 Å². The van der Waals surface area contributed by atoms with E-state index in [1.807, 2.05) is 12.1 Å². The number of rotatable bonds is 6. The van der Waals surface area contributed by atoms with Gasteiger partial charge in [0.2, 0.25) is 5.91 Å². The van der Waals surface area contributed by atoms with E-state index in [0.29, 0.717) is 17.9 Å². The zero-order valence-corrected chi connectivity index (χ0v) is 12.8. The largest absolute Gasteiger partial charge is 0.338 e. The summed E-state index contributed by atoms with van der Waals surface area (Å²) in [6.07, 6.45) is 3.37. The average Bonchev–Trinajstić information content (AvgIpc) is 2.94. The molecule has 1 amide bonds. The third-order valence-electron chi connectivity index (χ3n) is 3.30. The lowest BCUT2D eigenvalue weighted by atomic mass is 10.1. The fourth-order valence-electron chi connectivity index (χ4n) is 2.04. The molecule has 2 aromatic rings. The van der Waals surface area contributed by atoms with Crippen molar-refractivity contribution in [3.05, 3.63) is 53.1 Å². The molecule has 0 saturated carbocycles. The summed E-state index contributed by atoms with van der Waals surface area (Å²) >= 11 is 5.80. The van der Waals surface area contributed by atoms with Crippen LogP contribution in [0.25, 0.3) is 0 Å². The van der Waals surface area contributed by atoms with E-state index in [1.54, 1.807) is 19.2 Å². The van der Waals surface area contributed by atoms with E-state index >= 15 is 0 Å². The lowest BCUT2D eigenvalue weighted by Gasteiger charge is -2.17. The van der Waals surface area contributed by atoms with E-state index in [1.165, 1.54) is 17.3 Å². The van der Waals surface area contributed by atoms with E-state index in [9.17, 15) is 13.6 Å². The number of benzene rings is 1. The van der Waals surface area contributed by atoms with Crippen LogP contribution >= 0.6 is 11.6 Å². The Morgan fingerprint density at radius 3 is 2.68 bits per heavy atom. The lowest BCUT2D eigenvalue weighted by Crippen LogP contribution is -2.28. The quantitative estimate of drug-likeness (QED) is 0.814. The van der Waals surface area contributed by atoms with Crippen molar-refractivity contribution >= 4 is 17.5 Å². The summed E-state index contributed by atoms with van der Waals surface area (Å²) in [5.74, 6) is 0.0381. The molecule has 2 rings (SSSR count). The Bertz CT molecular complexity index is 628. The lowest BCUT2D eigenvalue weighted by molar-refractivity contribution is -0.130. The molecular weight excluding hydrogens is 312 g/mol. The van der Waals surface area contributed by atoms with Crippen molar-refractivity contribution in [3.8, 4) is 0 Å². The second-order valence-electron chi connectivity index (χ2n) is 4.90. The van der Waals surface area contributed by atoms with Gasteiger partial charge in [0.05, 0.1) is 6.54 Å². The van der Waals surface area contributed by atoms with Crippen LogP contribution in [0.1, 0.15) is 24.4 Å². The van der Waals surface area contributed by atoms with E-state index in [4.69, 9.17) is 11.6 Å². The molecule has 0 aliphatic rings. The average molecular weight is 328 g/mol. The number of hydrogen-bond donors (Lipinski definition) is 0. The standard InChI is InChI=1S/C15H16ClF2N3O/c1-20(10-13-19-8-9-21(13)15(17)18)14(22)7-4-11-2-5-12(16)6-3-11/h2-3,5-6,8-9,15H,4,7,10H2,1H3. The van der Waals surface area contributed by atoms with E-state index in [2.05, 4.69) is 4.98 Å². The Kier molecular flexibility index (Phi) is 5.49. The molecule has 22 heavy (non-hydrogen) atoms. The van der Waals surface area contributed by atoms with Gasteiger partial charge in [-0.15, -0.1) is 0 Å². The number of nitrogens with zero attached hydrogens (tertiary/aromatic N) is 3. The monoisotopic (exact) mass is 327 g/mol. The molecule has 0 fully saturated rings. The first-order valence-electron chi connectivity index (χ1n) is 6.75. The van der Waals surface area contributed by atoms with E-state index in [-0.39, 0.29) is 18.3 Å². The highest BCUT2D eigenvalue weighted by atomic mass is 35.5. The molecule has 4 nitrogen and oxygen atoms in total. The molecule has 1 aromatic heterocycles. The minimum absolute atomic E-state index is 0.0524. The topological polar surface area (TPSA) is 38.1 Å². The van der Waals surface area contributed by atoms with Gasteiger partial charge in [-0.2, -0.15) is 8.78 Å². The summed E-state index contributed by atoms with van der Waals surface area (Å²) in [6, 6.07) is 7.26. The van der Waals surface area contributed by atoms with Crippen molar-refractivity contribution < 1.29 is 13.6 Å². The normalized spacial score (nSPS) is 11.0. The zero-order valence-electron chi connectivity index (χ0n) is 12.0. The van der Waals surface area contributed by atoms with E-state index < -0.39 is 6.55 Å². The van der Waals surface area contributed by atoms with Gasteiger partial charge in [0, 0.05) is 30.9 Å². The molecule has 0 spiro atoms. The van der Waals surface area contributed by atoms with Crippen LogP contribution in [0, 0.1) is 0 Å². The summed E-state index contributed by atoms with van der Waals surface area (Å²) in [4.78, 5) is 17.3. The molecule has 0 aliphatic carbocycles. The van der Waals surface area contributed by atoms with Crippen LogP contribution in [0.4, 0.5) is 8.78 Å². The highest BCUT2D eigenvalue weighted by Gasteiger charge is 2.16. The molecule has 1 heterocycles. The molecule has 0 atom stereocenters. The second kappa shape index (κ2) is 7.35. The molecule has 0 saturated heterocycles. The fourth-order valence-corrected chi connectivity index (χ4v) is 2.16. The summed E-state index contributed by atoms with van der Waals surface area (Å²) < 4.78 is 26.2.